The lowest BCUT2D eigenvalue weighted by atomic mass is 10.0. The van der Waals surface area contributed by atoms with Gasteiger partial charge in [-0.25, -0.2) is 4.79 Å². The third kappa shape index (κ3) is 4.14. The van der Waals surface area contributed by atoms with E-state index in [1.165, 1.54) is 0 Å². The zero-order valence-corrected chi connectivity index (χ0v) is 11.4. The molecule has 0 aliphatic carbocycles. The number of halogens is 3. The van der Waals surface area contributed by atoms with Crippen LogP contribution in [0.1, 0.15) is 27.2 Å². The second kappa shape index (κ2) is 5.34. The maximum Gasteiger partial charge on any atom is 0.449 e. The first kappa shape index (κ1) is 16.3. The summed E-state index contributed by atoms with van der Waals surface area (Å²) in [5.74, 6) is -2.82. The molecule has 0 atom stereocenters. The number of rotatable bonds is 0. The Morgan fingerprint density at radius 3 is 2.25 bits per heavy atom. The van der Waals surface area contributed by atoms with Gasteiger partial charge in [0, 0.05) is 12.1 Å². The number of Topliss-reactive ketones (excluding diaryl/α,β-unsaturated/α-hetero) is 1. The zero-order valence-electron chi connectivity index (χ0n) is 11.4. The number of carbonyl (C=O) groups is 2. The molecule has 0 unspecified atom stereocenters. The van der Waals surface area contributed by atoms with Crippen LogP contribution >= 0.6 is 0 Å². The maximum atomic E-state index is 12.3. The molecule has 0 aromatic heterocycles. The summed E-state index contributed by atoms with van der Waals surface area (Å²) in [4.78, 5) is 24.3. The van der Waals surface area contributed by atoms with E-state index in [9.17, 15) is 22.8 Å². The van der Waals surface area contributed by atoms with E-state index in [2.05, 4.69) is 0 Å². The molecule has 0 aromatic rings. The maximum absolute atomic E-state index is 12.3. The van der Waals surface area contributed by atoms with Crippen molar-refractivity contribution >= 4 is 11.9 Å². The van der Waals surface area contributed by atoms with Crippen molar-refractivity contribution in [3.8, 4) is 0 Å². The molecule has 0 saturated carbocycles. The van der Waals surface area contributed by atoms with Gasteiger partial charge in [-0.05, 0) is 27.2 Å². The Morgan fingerprint density at radius 1 is 1.30 bits per heavy atom. The Balaban J connectivity index is 2.79. The van der Waals surface area contributed by atoms with Crippen LogP contribution in [0.25, 0.3) is 0 Å². The van der Waals surface area contributed by atoms with E-state index in [0.717, 1.165) is 4.90 Å². The Labute approximate surface area is 114 Å². The number of alkyl halides is 3. The van der Waals surface area contributed by atoms with Gasteiger partial charge in [0.1, 0.15) is 5.60 Å². The van der Waals surface area contributed by atoms with Crippen LogP contribution in [0.2, 0.25) is 0 Å². The van der Waals surface area contributed by atoms with E-state index >= 15 is 0 Å². The van der Waals surface area contributed by atoms with Crippen LogP contribution in [0.15, 0.2) is 11.3 Å². The lowest BCUT2D eigenvalue weighted by Gasteiger charge is -2.30. The van der Waals surface area contributed by atoms with Crippen LogP contribution < -0.4 is 0 Å². The van der Waals surface area contributed by atoms with Gasteiger partial charge in [-0.2, -0.15) is 13.2 Å². The van der Waals surface area contributed by atoms with E-state index in [-0.39, 0.29) is 13.0 Å². The second-order valence-corrected chi connectivity index (χ2v) is 5.40. The third-order valence-corrected chi connectivity index (χ3v) is 2.51. The number of hydrogen-bond donors (Lipinski definition) is 1. The van der Waals surface area contributed by atoms with E-state index in [1.807, 2.05) is 0 Å². The molecule has 1 saturated heterocycles. The Morgan fingerprint density at radius 2 is 1.85 bits per heavy atom. The zero-order chi connectivity index (χ0) is 15.7. The molecule has 1 rings (SSSR count). The molecule has 114 valence electrons. The van der Waals surface area contributed by atoms with Crippen molar-refractivity contribution in [1.29, 1.82) is 0 Å². The predicted molar refractivity (Wildman–Crippen MR) is 63.1 cm³/mol. The van der Waals surface area contributed by atoms with Crippen molar-refractivity contribution in [3.05, 3.63) is 11.3 Å². The third-order valence-electron chi connectivity index (χ3n) is 2.51. The predicted octanol–water partition coefficient (Wildman–Crippen LogP) is 2.57. The van der Waals surface area contributed by atoms with Gasteiger partial charge in [0.05, 0.1) is 6.54 Å². The SMILES string of the molecule is CC(C)(C)OC(=O)N1CCC(=C(O)C(F)(F)F)C(=O)C1. The summed E-state index contributed by atoms with van der Waals surface area (Å²) in [7, 11) is 0. The highest BCUT2D eigenvalue weighted by Gasteiger charge is 2.40. The summed E-state index contributed by atoms with van der Waals surface area (Å²) in [5, 5.41) is 8.99. The Hall–Kier alpha value is -1.73. The number of ether oxygens (including phenoxy) is 1. The van der Waals surface area contributed by atoms with Gasteiger partial charge in [-0.3, -0.25) is 4.79 Å². The van der Waals surface area contributed by atoms with Crippen molar-refractivity contribution in [3.63, 3.8) is 0 Å². The summed E-state index contributed by atoms with van der Waals surface area (Å²) in [6.45, 7) is 4.26. The molecular weight excluding hydrogens is 279 g/mol. The smallest absolute Gasteiger partial charge is 0.449 e. The number of likely N-dealkylation sites (tertiary alicyclic amines) is 1. The van der Waals surface area contributed by atoms with Crippen molar-refractivity contribution in [2.24, 2.45) is 0 Å². The van der Waals surface area contributed by atoms with Crippen LogP contribution in [0.4, 0.5) is 18.0 Å². The van der Waals surface area contributed by atoms with Crippen LogP contribution in [0.5, 0.6) is 0 Å². The van der Waals surface area contributed by atoms with E-state index in [0.29, 0.717) is 0 Å². The second-order valence-electron chi connectivity index (χ2n) is 5.40. The Bertz CT molecular complexity index is 449. The molecule has 0 aromatic carbocycles. The molecule has 1 N–H and O–H groups in total. The molecule has 1 fully saturated rings. The molecule has 8 heteroatoms. The van der Waals surface area contributed by atoms with E-state index in [4.69, 9.17) is 9.84 Å². The molecule has 1 aliphatic rings. The van der Waals surface area contributed by atoms with Gasteiger partial charge < -0.3 is 14.7 Å². The summed E-state index contributed by atoms with van der Waals surface area (Å²) < 4.78 is 42.0. The first-order chi connectivity index (χ1) is 8.92. The van der Waals surface area contributed by atoms with Gasteiger partial charge >= 0.3 is 12.3 Å². The average molecular weight is 295 g/mol. The molecule has 0 bridgehead atoms. The highest BCUT2D eigenvalue weighted by molar-refractivity contribution is 5.99. The Kier molecular flexibility index (Phi) is 4.36. The van der Waals surface area contributed by atoms with Gasteiger partial charge in [0.2, 0.25) is 5.76 Å². The highest BCUT2D eigenvalue weighted by atomic mass is 19.4. The van der Waals surface area contributed by atoms with E-state index < -0.39 is 41.5 Å². The number of nitrogens with zero attached hydrogens (tertiary/aromatic N) is 1. The number of allylic oxidation sites excluding steroid dienone is 1. The average Bonchev–Trinajstić information content (AvgIpc) is 2.24. The topological polar surface area (TPSA) is 66.8 Å². The van der Waals surface area contributed by atoms with E-state index in [1.54, 1.807) is 20.8 Å². The van der Waals surface area contributed by atoms with Crippen molar-refractivity contribution in [1.82, 2.24) is 4.90 Å². The molecule has 1 heterocycles. The van der Waals surface area contributed by atoms with Gasteiger partial charge in [0.15, 0.2) is 5.78 Å². The molecule has 0 radical (unpaired) electrons. The minimum atomic E-state index is -4.96. The summed E-state index contributed by atoms with van der Waals surface area (Å²) in [6, 6.07) is 0. The van der Waals surface area contributed by atoms with Crippen molar-refractivity contribution < 1.29 is 32.6 Å². The minimum Gasteiger partial charge on any atom is -0.504 e. The minimum absolute atomic E-state index is 0.115. The lowest BCUT2D eigenvalue weighted by molar-refractivity contribution is -0.129. The fraction of sp³-hybridized carbons (Fsp3) is 0.667. The fourth-order valence-electron chi connectivity index (χ4n) is 1.64. The monoisotopic (exact) mass is 295 g/mol. The number of piperidine rings is 1. The number of amides is 1. The van der Waals surface area contributed by atoms with Gasteiger partial charge in [-0.1, -0.05) is 0 Å². The summed E-state index contributed by atoms with van der Waals surface area (Å²) >= 11 is 0. The molecule has 5 nitrogen and oxygen atoms in total. The molecule has 1 amide bonds. The normalized spacial score (nSPS) is 19.9. The lowest BCUT2D eigenvalue weighted by Crippen LogP contribution is -2.44. The van der Waals surface area contributed by atoms with Crippen LogP contribution in [0, 0.1) is 0 Å². The highest BCUT2D eigenvalue weighted by Crippen LogP contribution is 2.29. The van der Waals surface area contributed by atoms with Gasteiger partial charge in [0.25, 0.3) is 0 Å². The quantitative estimate of drug-likeness (QED) is 0.551. The summed E-state index contributed by atoms with van der Waals surface area (Å²) in [5.41, 5.74) is -1.46. The number of aliphatic hydroxyl groups is 1. The van der Waals surface area contributed by atoms with Crippen molar-refractivity contribution in [2.75, 3.05) is 13.1 Å². The number of aliphatic hydroxyl groups excluding tert-OH is 1. The van der Waals surface area contributed by atoms with Crippen LogP contribution in [0.3, 0.4) is 0 Å². The van der Waals surface area contributed by atoms with Crippen LogP contribution in [-0.4, -0.2) is 46.7 Å². The first-order valence-electron chi connectivity index (χ1n) is 5.92. The van der Waals surface area contributed by atoms with Gasteiger partial charge in [-0.15, -0.1) is 0 Å². The first-order valence-corrected chi connectivity index (χ1v) is 5.92. The molecule has 0 spiro atoms. The standard InChI is InChI=1S/C12H16F3NO4/c1-11(2,3)20-10(19)16-5-4-7(8(17)6-16)9(18)12(13,14)15/h18H,4-6H2,1-3H3. The fourth-order valence-corrected chi connectivity index (χ4v) is 1.64. The number of hydrogen-bond acceptors (Lipinski definition) is 4. The molecule has 20 heavy (non-hydrogen) atoms. The summed E-state index contributed by atoms with van der Waals surface area (Å²) in [6.07, 6.45) is -6.08. The van der Waals surface area contributed by atoms with Crippen LogP contribution in [-0.2, 0) is 9.53 Å². The number of ketones is 1. The van der Waals surface area contributed by atoms with Crippen molar-refractivity contribution in [2.45, 2.75) is 39.0 Å². The molecule has 1 aliphatic heterocycles. The molecular formula is C12H16F3NO4. The largest absolute Gasteiger partial charge is 0.504 e. The number of carbonyl (C=O) groups excluding carboxylic acids is 2.